The molecule has 0 fully saturated rings. The van der Waals surface area contributed by atoms with Crippen molar-refractivity contribution in [1.82, 2.24) is 10.6 Å². The zero-order valence-electron chi connectivity index (χ0n) is 12.1. The lowest BCUT2D eigenvalue weighted by molar-refractivity contribution is 0.174. The lowest BCUT2D eigenvalue weighted by Crippen LogP contribution is -2.34. The SMILES string of the molecule is Fc1ccc(CNC(=S)NCc2ccc3c(c2)OCO3)cc1Br. The minimum atomic E-state index is -0.280. The smallest absolute Gasteiger partial charge is 0.231 e. The Bertz CT molecular complexity index is 742. The predicted octanol–water partition coefficient (Wildman–Crippen LogP) is 3.48. The first-order valence-electron chi connectivity index (χ1n) is 6.96. The van der Waals surface area contributed by atoms with Crippen molar-refractivity contribution >= 4 is 33.3 Å². The van der Waals surface area contributed by atoms with E-state index in [0.717, 1.165) is 22.6 Å². The van der Waals surface area contributed by atoms with Crippen LogP contribution in [0, 0.1) is 5.82 Å². The Kier molecular flexibility index (Phi) is 4.97. The number of ether oxygens (including phenoxy) is 2. The van der Waals surface area contributed by atoms with E-state index in [4.69, 9.17) is 21.7 Å². The second-order valence-electron chi connectivity index (χ2n) is 4.97. The van der Waals surface area contributed by atoms with Gasteiger partial charge in [0.15, 0.2) is 16.6 Å². The lowest BCUT2D eigenvalue weighted by Gasteiger charge is -2.11. The van der Waals surface area contributed by atoms with E-state index in [1.807, 2.05) is 18.2 Å². The quantitative estimate of drug-likeness (QED) is 0.774. The fourth-order valence-electron chi connectivity index (χ4n) is 2.13. The van der Waals surface area contributed by atoms with Gasteiger partial charge in [-0.2, -0.15) is 0 Å². The molecule has 0 aromatic heterocycles. The summed E-state index contributed by atoms with van der Waals surface area (Å²) < 4.78 is 24.2. The van der Waals surface area contributed by atoms with E-state index < -0.39 is 0 Å². The highest BCUT2D eigenvalue weighted by Gasteiger charge is 2.13. The fraction of sp³-hybridized carbons (Fsp3) is 0.188. The lowest BCUT2D eigenvalue weighted by atomic mass is 10.2. The maximum atomic E-state index is 13.2. The Morgan fingerprint density at radius 1 is 1.04 bits per heavy atom. The van der Waals surface area contributed by atoms with Crippen molar-refractivity contribution < 1.29 is 13.9 Å². The number of rotatable bonds is 4. The summed E-state index contributed by atoms with van der Waals surface area (Å²) in [6, 6.07) is 10.6. The van der Waals surface area contributed by atoms with Crippen molar-refractivity contribution in [3.8, 4) is 11.5 Å². The summed E-state index contributed by atoms with van der Waals surface area (Å²) in [5, 5.41) is 6.74. The van der Waals surface area contributed by atoms with E-state index >= 15 is 0 Å². The van der Waals surface area contributed by atoms with Crippen LogP contribution in [0.2, 0.25) is 0 Å². The third-order valence-electron chi connectivity index (χ3n) is 3.33. The predicted molar refractivity (Wildman–Crippen MR) is 92.9 cm³/mol. The zero-order valence-corrected chi connectivity index (χ0v) is 14.5. The standard InChI is InChI=1S/C16H14BrFN2O2S/c17-12-5-10(1-3-13(12)18)7-19-16(23)20-8-11-2-4-14-15(6-11)22-9-21-14/h1-6H,7-9H2,(H2,19,20,23). The molecule has 0 saturated heterocycles. The minimum Gasteiger partial charge on any atom is -0.454 e. The van der Waals surface area contributed by atoms with Crippen LogP contribution in [0.3, 0.4) is 0 Å². The molecular formula is C16H14BrFN2O2S. The highest BCUT2D eigenvalue weighted by molar-refractivity contribution is 9.10. The van der Waals surface area contributed by atoms with Crippen LogP contribution in [0.4, 0.5) is 4.39 Å². The van der Waals surface area contributed by atoms with Crippen LogP contribution in [0.25, 0.3) is 0 Å². The first-order valence-corrected chi connectivity index (χ1v) is 8.16. The molecule has 23 heavy (non-hydrogen) atoms. The van der Waals surface area contributed by atoms with Crippen LogP contribution in [0.1, 0.15) is 11.1 Å². The number of fused-ring (bicyclic) bond motifs is 1. The Balaban J connectivity index is 1.48. The highest BCUT2D eigenvalue weighted by Crippen LogP contribution is 2.32. The molecule has 0 spiro atoms. The Hall–Kier alpha value is -1.86. The number of hydrogen-bond acceptors (Lipinski definition) is 3. The van der Waals surface area contributed by atoms with Gasteiger partial charge in [-0.15, -0.1) is 0 Å². The van der Waals surface area contributed by atoms with Gasteiger partial charge in [0.2, 0.25) is 6.79 Å². The third-order valence-corrected chi connectivity index (χ3v) is 4.22. The average molecular weight is 397 g/mol. The molecule has 0 aliphatic carbocycles. The van der Waals surface area contributed by atoms with E-state index in [1.165, 1.54) is 6.07 Å². The molecule has 0 bridgehead atoms. The van der Waals surface area contributed by atoms with Crippen molar-refractivity contribution in [3.63, 3.8) is 0 Å². The highest BCUT2D eigenvalue weighted by atomic mass is 79.9. The summed E-state index contributed by atoms with van der Waals surface area (Å²) >= 11 is 8.41. The van der Waals surface area contributed by atoms with Crippen LogP contribution in [-0.4, -0.2) is 11.9 Å². The number of hydrogen-bond donors (Lipinski definition) is 2. The molecule has 2 N–H and O–H groups in total. The molecule has 0 radical (unpaired) electrons. The molecule has 4 nitrogen and oxygen atoms in total. The molecule has 0 amide bonds. The molecule has 0 saturated carbocycles. The van der Waals surface area contributed by atoms with E-state index in [1.54, 1.807) is 12.1 Å². The van der Waals surface area contributed by atoms with Gasteiger partial charge in [-0.1, -0.05) is 12.1 Å². The second kappa shape index (κ2) is 7.14. The van der Waals surface area contributed by atoms with Gasteiger partial charge in [-0.25, -0.2) is 4.39 Å². The summed E-state index contributed by atoms with van der Waals surface area (Å²) in [6.45, 7) is 1.36. The van der Waals surface area contributed by atoms with Gasteiger partial charge in [0, 0.05) is 13.1 Å². The summed E-state index contributed by atoms with van der Waals surface area (Å²) in [7, 11) is 0. The average Bonchev–Trinajstić information content (AvgIpc) is 3.01. The van der Waals surface area contributed by atoms with Gasteiger partial charge >= 0.3 is 0 Å². The van der Waals surface area contributed by atoms with Gasteiger partial charge < -0.3 is 20.1 Å². The number of nitrogens with one attached hydrogen (secondary N) is 2. The van der Waals surface area contributed by atoms with Crippen molar-refractivity contribution in [1.29, 1.82) is 0 Å². The topological polar surface area (TPSA) is 42.5 Å². The minimum absolute atomic E-state index is 0.263. The van der Waals surface area contributed by atoms with E-state index in [-0.39, 0.29) is 12.6 Å². The molecule has 3 rings (SSSR count). The Labute approximate surface area is 147 Å². The maximum absolute atomic E-state index is 13.2. The van der Waals surface area contributed by atoms with Crippen molar-refractivity contribution in [2.24, 2.45) is 0 Å². The number of benzene rings is 2. The van der Waals surface area contributed by atoms with Gasteiger partial charge in [-0.3, -0.25) is 0 Å². The van der Waals surface area contributed by atoms with Gasteiger partial charge in [0.1, 0.15) is 5.82 Å². The Morgan fingerprint density at radius 2 is 1.70 bits per heavy atom. The van der Waals surface area contributed by atoms with E-state index in [9.17, 15) is 4.39 Å². The van der Waals surface area contributed by atoms with E-state index in [2.05, 4.69) is 26.6 Å². The molecule has 1 heterocycles. The normalized spacial score (nSPS) is 12.1. The monoisotopic (exact) mass is 396 g/mol. The summed E-state index contributed by atoms with van der Waals surface area (Å²) in [6.07, 6.45) is 0. The van der Waals surface area contributed by atoms with Gasteiger partial charge in [0.25, 0.3) is 0 Å². The molecule has 7 heteroatoms. The molecule has 0 atom stereocenters. The van der Waals surface area contributed by atoms with Crippen molar-refractivity contribution in [3.05, 3.63) is 57.8 Å². The zero-order chi connectivity index (χ0) is 16.2. The second-order valence-corrected chi connectivity index (χ2v) is 6.23. The Morgan fingerprint density at radius 3 is 2.43 bits per heavy atom. The van der Waals surface area contributed by atoms with Gasteiger partial charge in [-0.05, 0) is 63.5 Å². The molecule has 2 aromatic rings. The van der Waals surface area contributed by atoms with Crippen LogP contribution in [0.15, 0.2) is 40.9 Å². The summed E-state index contributed by atoms with van der Waals surface area (Å²) in [5.74, 6) is 1.23. The van der Waals surface area contributed by atoms with Crippen LogP contribution < -0.4 is 20.1 Å². The maximum Gasteiger partial charge on any atom is 0.231 e. The number of thiocarbonyl (C=S) groups is 1. The van der Waals surface area contributed by atoms with Crippen LogP contribution >= 0.6 is 28.1 Å². The molecular weight excluding hydrogens is 383 g/mol. The fourth-order valence-corrected chi connectivity index (χ4v) is 2.70. The third kappa shape index (κ3) is 4.11. The molecule has 1 aliphatic rings. The molecule has 0 unspecified atom stereocenters. The molecule has 2 aromatic carbocycles. The first-order chi connectivity index (χ1) is 11.1. The van der Waals surface area contributed by atoms with Crippen LogP contribution in [0.5, 0.6) is 11.5 Å². The van der Waals surface area contributed by atoms with Crippen molar-refractivity contribution in [2.45, 2.75) is 13.1 Å². The summed E-state index contributed by atoms with van der Waals surface area (Å²) in [4.78, 5) is 0. The first kappa shape index (κ1) is 16.0. The molecule has 1 aliphatic heterocycles. The largest absolute Gasteiger partial charge is 0.454 e. The van der Waals surface area contributed by atoms with Gasteiger partial charge in [0.05, 0.1) is 4.47 Å². The van der Waals surface area contributed by atoms with Crippen LogP contribution in [-0.2, 0) is 13.1 Å². The van der Waals surface area contributed by atoms with Crippen molar-refractivity contribution in [2.75, 3.05) is 6.79 Å². The summed E-state index contributed by atoms with van der Waals surface area (Å²) in [5.41, 5.74) is 1.98. The molecule has 120 valence electrons. The van der Waals surface area contributed by atoms with E-state index in [0.29, 0.717) is 22.7 Å². The number of halogens is 2.